The first-order valence-electron chi connectivity index (χ1n) is 8.72. The van der Waals surface area contributed by atoms with Gasteiger partial charge < -0.3 is 14.6 Å². The predicted octanol–water partition coefficient (Wildman–Crippen LogP) is 2.64. The fourth-order valence-electron chi connectivity index (χ4n) is 3.26. The van der Waals surface area contributed by atoms with Gasteiger partial charge in [0.05, 0.1) is 6.04 Å². The number of hydrogen-bond acceptors (Lipinski definition) is 4. The Kier molecular flexibility index (Phi) is 4.24. The Morgan fingerprint density at radius 1 is 1.11 bits per heavy atom. The average molecular weight is 362 g/mol. The molecular weight excluding hydrogens is 344 g/mol. The van der Waals surface area contributed by atoms with Crippen LogP contribution in [0.25, 0.3) is 11.0 Å². The molecule has 2 amide bonds. The van der Waals surface area contributed by atoms with Crippen molar-refractivity contribution in [2.45, 2.75) is 19.4 Å². The molecule has 2 aromatic carbocycles. The highest BCUT2D eigenvalue weighted by Gasteiger charge is 2.32. The normalized spacial score (nSPS) is 16.7. The van der Waals surface area contributed by atoms with Crippen molar-refractivity contribution in [1.82, 2.24) is 5.32 Å². The van der Waals surface area contributed by atoms with E-state index < -0.39 is 11.5 Å². The molecule has 1 saturated heterocycles. The summed E-state index contributed by atoms with van der Waals surface area (Å²) in [6.07, 6.45) is 0.193. The van der Waals surface area contributed by atoms with Crippen molar-refractivity contribution in [3.05, 3.63) is 76.1 Å². The second-order valence-electron chi connectivity index (χ2n) is 6.70. The summed E-state index contributed by atoms with van der Waals surface area (Å²) >= 11 is 0. The number of anilines is 1. The second kappa shape index (κ2) is 6.72. The number of para-hydroxylation sites is 1. The summed E-state index contributed by atoms with van der Waals surface area (Å²) in [5, 5.41) is 3.45. The van der Waals surface area contributed by atoms with Gasteiger partial charge in [0, 0.05) is 24.0 Å². The first-order valence-corrected chi connectivity index (χ1v) is 8.72. The van der Waals surface area contributed by atoms with Crippen molar-refractivity contribution in [2.24, 2.45) is 0 Å². The number of nitrogens with zero attached hydrogens (tertiary/aromatic N) is 1. The van der Waals surface area contributed by atoms with Crippen molar-refractivity contribution >= 4 is 28.5 Å². The lowest BCUT2D eigenvalue weighted by Crippen LogP contribution is -2.39. The molecule has 1 atom stereocenters. The molecule has 27 heavy (non-hydrogen) atoms. The molecule has 1 aliphatic heterocycles. The quantitative estimate of drug-likeness (QED) is 0.727. The molecule has 0 aliphatic carbocycles. The SMILES string of the molecule is Cc1ccc(N2C[C@@H](NC(=O)c3cc4ccccc4oc3=O)CC2=O)cc1. The summed E-state index contributed by atoms with van der Waals surface area (Å²) < 4.78 is 5.21. The van der Waals surface area contributed by atoms with Crippen LogP contribution in [-0.2, 0) is 4.79 Å². The molecule has 0 bridgehead atoms. The van der Waals surface area contributed by atoms with E-state index in [1.165, 1.54) is 6.07 Å². The van der Waals surface area contributed by atoms with Crippen LogP contribution in [0.3, 0.4) is 0 Å². The average Bonchev–Trinajstić information content (AvgIpc) is 3.01. The molecule has 1 aromatic heterocycles. The molecule has 136 valence electrons. The van der Waals surface area contributed by atoms with Crippen LogP contribution in [0.5, 0.6) is 0 Å². The lowest BCUT2D eigenvalue weighted by molar-refractivity contribution is -0.117. The molecular formula is C21H18N2O4. The topological polar surface area (TPSA) is 79.6 Å². The molecule has 1 fully saturated rings. The number of nitrogens with one attached hydrogen (secondary N) is 1. The second-order valence-corrected chi connectivity index (χ2v) is 6.70. The molecule has 1 aliphatic rings. The van der Waals surface area contributed by atoms with Gasteiger partial charge in [-0.2, -0.15) is 0 Å². The Balaban J connectivity index is 1.52. The van der Waals surface area contributed by atoms with Gasteiger partial charge in [-0.1, -0.05) is 35.9 Å². The number of benzene rings is 2. The maximum atomic E-state index is 12.6. The molecule has 4 rings (SSSR count). The maximum absolute atomic E-state index is 12.6. The highest BCUT2D eigenvalue weighted by molar-refractivity contribution is 5.99. The van der Waals surface area contributed by atoms with Crippen LogP contribution < -0.4 is 15.8 Å². The minimum Gasteiger partial charge on any atom is -0.422 e. The number of amides is 2. The zero-order chi connectivity index (χ0) is 19.0. The van der Waals surface area contributed by atoms with Crippen LogP contribution in [0.4, 0.5) is 5.69 Å². The largest absolute Gasteiger partial charge is 0.422 e. The van der Waals surface area contributed by atoms with E-state index in [0.717, 1.165) is 11.3 Å². The third-order valence-corrected chi connectivity index (χ3v) is 4.69. The van der Waals surface area contributed by atoms with E-state index in [1.807, 2.05) is 31.2 Å². The van der Waals surface area contributed by atoms with E-state index >= 15 is 0 Å². The van der Waals surface area contributed by atoms with Crippen LogP contribution in [0.2, 0.25) is 0 Å². The zero-order valence-corrected chi connectivity index (χ0v) is 14.8. The Bertz CT molecular complexity index is 1090. The van der Waals surface area contributed by atoms with Crippen molar-refractivity contribution in [2.75, 3.05) is 11.4 Å². The summed E-state index contributed by atoms with van der Waals surface area (Å²) in [6.45, 7) is 2.35. The Labute approximate surface area is 155 Å². The summed E-state index contributed by atoms with van der Waals surface area (Å²) in [5.74, 6) is -0.590. The maximum Gasteiger partial charge on any atom is 0.349 e. The highest BCUT2D eigenvalue weighted by atomic mass is 16.4. The summed E-state index contributed by atoms with van der Waals surface area (Å²) in [5.41, 5.74) is 1.59. The highest BCUT2D eigenvalue weighted by Crippen LogP contribution is 2.22. The van der Waals surface area contributed by atoms with Gasteiger partial charge in [-0.15, -0.1) is 0 Å². The van der Waals surface area contributed by atoms with Crippen LogP contribution in [0.1, 0.15) is 22.3 Å². The third kappa shape index (κ3) is 3.33. The standard InChI is InChI=1S/C21H18N2O4/c1-13-6-8-16(9-7-13)23-12-15(11-19(23)24)22-20(25)17-10-14-4-2-3-5-18(14)27-21(17)26/h2-10,15H,11-12H2,1H3,(H,22,25)/t15-/m0/s1. The molecule has 0 spiro atoms. The fraction of sp³-hybridized carbons (Fsp3) is 0.190. The monoisotopic (exact) mass is 362 g/mol. The van der Waals surface area contributed by atoms with Crippen molar-refractivity contribution in [3.63, 3.8) is 0 Å². The summed E-state index contributed by atoms with van der Waals surface area (Å²) in [4.78, 5) is 38.7. The van der Waals surface area contributed by atoms with Gasteiger partial charge in [0.25, 0.3) is 5.91 Å². The predicted molar refractivity (Wildman–Crippen MR) is 102 cm³/mol. The number of fused-ring (bicyclic) bond motifs is 1. The Morgan fingerprint density at radius 2 is 1.85 bits per heavy atom. The van der Waals surface area contributed by atoms with E-state index in [0.29, 0.717) is 17.5 Å². The number of carbonyl (C=O) groups excluding carboxylic acids is 2. The van der Waals surface area contributed by atoms with Gasteiger partial charge in [-0.25, -0.2) is 4.79 Å². The molecule has 0 saturated carbocycles. The van der Waals surface area contributed by atoms with E-state index in [-0.39, 0.29) is 23.9 Å². The minimum atomic E-state index is -0.689. The van der Waals surface area contributed by atoms with E-state index in [2.05, 4.69) is 5.32 Å². The number of hydrogen-bond donors (Lipinski definition) is 1. The molecule has 3 aromatic rings. The Morgan fingerprint density at radius 3 is 2.63 bits per heavy atom. The van der Waals surface area contributed by atoms with E-state index in [9.17, 15) is 14.4 Å². The van der Waals surface area contributed by atoms with E-state index in [4.69, 9.17) is 4.42 Å². The number of carbonyl (C=O) groups is 2. The molecule has 2 heterocycles. The van der Waals surface area contributed by atoms with Crippen LogP contribution in [-0.4, -0.2) is 24.4 Å². The van der Waals surface area contributed by atoms with Crippen LogP contribution >= 0.6 is 0 Å². The molecule has 6 nitrogen and oxygen atoms in total. The van der Waals surface area contributed by atoms with Crippen LogP contribution in [0.15, 0.2) is 63.8 Å². The van der Waals surface area contributed by atoms with Gasteiger partial charge in [0.15, 0.2) is 0 Å². The minimum absolute atomic E-state index is 0.0602. The zero-order valence-electron chi connectivity index (χ0n) is 14.8. The first-order chi connectivity index (χ1) is 13.0. The van der Waals surface area contributed by atoms with Gasteiger partial charge in [0.1, 0.15) is 11.1 Å². The van der Waals surface area contributed by atoms with Gasteiger partial charge in [0.2, 0.25) is 5.91 Å². The molecule has 1 N–H and O–H groups in total. The fourth-order valence-corrected chi connectivity index (χ4v) is 3.26. The van der Waals surface area contributed by atoms with Gasteiger partial charge >= 0.3 is 5.63 Å². The summed E-state index contributed by atoms with van der Waals surface area (Å²) in [7, 11) is 0. The number of rotatable bonds is 3. The van der Waals surface area contributed by atoms with Crippen molar-refractivity contribution in [3.8, 4) is 0 Å². The molecule has 0 unspecified atom stereocenters. The smallest absolute Gasteiger partial charge is 0.349 e. The molecule has 0 radical (unpaired) electrons. The molecule has 6 heteroatoms. The lowest BCUT2D eigenvalue weighted by atomic mass is 10.1. The lowest BCUT2D eigenvalue weighted by Gasteiger charge is -2.17. The number of aryl methyl sites for hydroxylation is 1. The first kappa shape index (κ1) is 17.0. The summed E-state index contributed by atoms with van der Waals surface area (Å²) in [6, 6.07) is 15.8. The van der Waals surface area contributed by atoms with Gasteiger partial charge in [-0.05, 0) is 31.2 Å². The van der Waals surface area contributed by atoms with E-state index in [1.54, 1.807) is 29.2 Å². The third-order valence-electron chi connectivity index (χ3n) is 4.69. The van der Waals surface area contributed by atoms with Crippen molar-refractivity contribution in [1.29, 1.82) is 0 Å². The van der Waals surface area contributed by atoms with Gasteiger partial charge in [-0.3, -0.25) is 9.59 Å². The van der Waals surface area contributed by atoms with Crippen LogP contribution in [0, 0.1) is 6.92 Å². The van der Waals surface area contributed by atoms with Crippen molar-refractivity contribution < 1.29 is 14.0 Å². The Hall–Kier alpha value is -3.41.